The number of esters is 1. The molecule has 0 spiro atoms. The molecule has 0 amide bonds. The molecule has 21 heavy (non-hydrogen) atoms. The molecule has 114 valence electrons. The SMILES string of the molecule is COC(=O)CC(C)S(=O)(=O)Cc1ccc(C#N)c(OC)c1. The fraction of sp³-hybridized carbons (Fsp3) is 0.429. The number of hydrogen-bond donors (Lipinski definition) is 0. The van der Waals surface area contributed by atoms with Crippen LogP contribution in [0.25, 0.3) is 0 Å². The molecule has 1 aromatic rings. The van der Waals surface area contributed by atoms with Crippen molar-refractivity contribution < 1.29 is 22.7 Å². The van der Waals surface area contributed by atoms with Crippen LogP contribution in [-0.2, 0) is 25.1 Å². The molecule has 0 bridgehead atoms. The molecule has 0 saturated carbocycles. The van der Waals surface area contributed by atoms with Crippen molar-refractivity contribution in [3.05, 3.63) is 29.3 Å². The topological polar surface area (TPSA) is 93.5 Å². The van der Waals surface area contributed by atoms with Crippen LogP contribution in [0.4, 0.5) is 0 Å². The van der Waals surface area contributed by atoms with E-state index >= 15 is 0 Å². The second-order valence-electron chi connectivity index (χ2n) is 4.54. The maximum atomic E-state index is 12.2. The van der Waals surface area contributed by atoms with Crippen molar-refractivity contribution in [3.8, 4) is 11.8 Å². The minimum atomic E-state index is -3.50. The summed E-state index contributed by atoms with van der Waals surface area (Å²) in [6.07, 6.45) is -0.188. The second-order valence-corrected chi connectivity index (χ2v) is 6.96. The lowest BCUT2D eigenvalue weighted by Crippen LogP contribution is -2.23. The van der Waals surface area contributed by atoms with E-state index in [1.54, 1.807) is 6.07 Å². The molecule has 0 heterocycles. The van der Waals surface area contributed by atoms with Gasteiger partial charge in [0, 0.05) is 0 Å². The largest absolute Gasteiger partial charge is 0.495 e. The number of rotatable bonds is 6. The molecule has 1 aromatic carbocycles. The standard InChI is InChI=1S/C14H17NO5S/c1-10(6-14(16)20-3)21(17,18)9-11-4-5-12(8-15)13(7-11)19-2/h4-5,7,10H,6,9H2,1-3H3. The summed E-state index contributed by atoms with van der Waals surface area (Å²) in [7, 11) is -0.876. The Morgan fingerprint density at radius 1 is 1.38 bits per heavy atom. The van der Waals surface area contributed by atoms with E-state index in [9.17, 15) is 13.2 Å². The predicted octanol–water partition coefficient (Wildman–Crippen LogP) is 1.43. The van der Waals surface area contributed by atoms with Crippen molar-refractivity contribution in [3.63, 3.8) is 0 Å². The van der Waals surface area contributed by atoms with E-state index in [4.69, 9.17) is 10.00 Å². The number of sulfone groups is 1. The van der Waals surface area contributed by atoms with Gasteiger partial charge in [0.05, 0.1) is 37.2 Å². The zero-order valence-electron chi connectivity index (χ0n) is 12.1. The number of methoxy groups -OCH3 is 2. The molecule has 0 aliphatic carbocycles. The molecule has 7 heteroatoms. The molecule has 0 fully saturated rings. The normalized spacial score (nSPS) is 12.3. The number of nitriles is 1. The lowest BCUT2D eigenvalue weighted by molar-refractivity contribution is -0.140. The van der Waals surface area contributed by atoms with Gasteiger partial charge in [-0.3, -0.25) is 4.79 Å². The summed E-state index contributed by atoms with van der Waals surface area (Å²) in [4.78, 5) is 11.2. The maximum absolute atomic E-state index is 12.2. The highest BCUT2D eigenvalue weighted by Crippen LogP contribution is 2.22. The molecule has 0 aliphatic rings. The van der Waals surface area contributed by atoms with E-state index in [1.165, 1.54) is 33.3 Å². The molecule has 0 radical (unpaired) electrons. The van der Waals surface area contributed by atoms with Crippen LogP contribution in [0, 0.1) is 11.3 Å². The lowest BCUT2D eigenvalue weighted by atomic mass is 10.1. The summed E-state index contributed by atoms with van der Waals surface area (Å²) in [5.74, 6) is -0.470. The fourth-order valence-electron chi connectivity index (χ4n) is 1.74. The first-order valence-corrected chi connectivity index (χ1v) is 7.91. The third-order valence-electron chi connectivity index (χ3n) is 3.05. The zero-order valence-corrected chi connectivity index (χ0v) is 12.9. The van der Waals surface area contributed by atoms with E-state index in [0.717, 1.165) is 0 Å². The van der Waals surface area contributed by atoms with Gasteiger partial charge in [-0.05, 0) is 24.6 Å². The summed E-state index contributed by atoms with van der Waals surface area (Å²) < 4.78 is 33.9. The second kappa shape index (κ2) is 7.09. The Bertz CT molecular complexity index is 660. The average Bonchev–Trinajstić information content (AvgIpc) is 2.46. The van der Waals surface area contributed by atoms with Crippen LogP contribution in [0.15, 0.2) is 18.2 Å². The van der Waals surface area contributed by atoms with Crippen LogP contribution >= 0.6 is 0 Å². The van der Waals surface area contributed by atoms with Gasteiger partial charge in [-0.1, -0.05) is 6.07 Å². The van der Waals surface area contributed by atoms with Crippen molar-refractivity contribution >= 4 is 15.8 Å². The highest BCUT2D eigenvalue weighted by atomic mass is 32.2. The zero-order chi connectivity index (χ0) is 16.0. The Balaban J connectivity index is 2.94. The molecular formula is C14H17NO5S. The fourth-order valence-corrected chi connectivity index (χ4v) is 3.06. The van der Waals surface area contributed by atoms with Gasteiger partial charge in [0.1, 0.15) is 11.8 Å². The van der Waals surface area contributed by atoms with Gasteiger partial charge in [-0.15, -0.1) is 0 Å². The molecule has 0 saturated heterocycles. The number of ether oxygens (including phenoxy) is 2. The molecule has 1 unspecified atom stereocenters. The predicted molar refractivity (Wildman–Crippen MR) is 76.4 cm³/mol. The molecule has 1 atom stereocenters. The Hall–Kier alpha value is -2.07. The quantitative estimate of drug-likeness (QED) is 0.738. The van der Waals surface area contributed by atoms with Crippen LogP contribution in [0.2, 0.25) is 0 Å². The van der Waals surface area contributed by atoms with E-state index in [1.807, 2.05) is 6.07 Å². The monoisotopic (exact) mass is 311 g/mol. The third kappa shape index (κ3) is 4.46. The summed E-state index contributed by atoms with van der Waals surface area (Å²) in [5, 5.41) is 8.05. The van der Waals surface area contributed by atoms with E-state index in [2.05, 4.69) is 4.74 Å². The number of benzene rings is 1. The van der Waals surface area contributed by atoms with Gasteiger partial charge in [0.15, 0.2) is 9.84 Å². The van der Waals surface area contributed by atoms with Gasteiger partial charge in [-0.25, -0.2) is 8.42 Å². The first-order chi connectivity index (χ1) is 9.83. The van der Waals surface area contributed by atoms with Crippen molar-refractivity contribution in [2.24, 2.45) is 0 Å². The van der Waals surface area contributed by atoms with Crippen molar-refractivity contribution in [2.75, 3.05) is 14.2 Å². The summed E-state index contributed by atoms with van der Waals surface area (Å²) in [5.41, 5.74) is 0.837. The Labute approximate surface area is 124 Å². The number of nitrogens with zero attached hydrogens (tertiary/aromatic N) is 1. The van der Waals surface area contributed by atoms with Gasteiger partial charge in [0.25, 0.3) is 0 Å². The molecule has 0 aliphatic heterocycles. The molecule has 6 nitrogen and oxygen atoms in total. The van der Waals surface area contributed by atoms with Crippen molar-refractivity contribution in [1.29, 1.82) is 5.26 Å². The first-order valence-electron chi connectivity index (χ1n) is 6.19. The molecular weight excluding hydrogens is 294 g/mol. The summed E-state index contributed by atoms with van der Waals surface area (Å²) in [6.45, 7) is 1.47. The van der Waals surface area contributed by atoms with E-state index in [-0.39, 0.29) is 12.2 Å². The van der Waals surface area contributed by atoms with Crippen molar-refractivity contribution in [1.82, 2.24) is 0 Å². The first kappa shape index (κ1) is 17.0. The summed E-state index contributed by atoms with van der Waals surface area (Å²) in [6, 6.07) is 6.54. The molecule has 1 rings (SSSR count). The lowest BCUT2D eigenvalue weighted by Gasteiger charge is -2.12. The Kier molecular flexibility index (Phi) is 5.73. The minimum Gasteiger partial charge on any atom is -0.495 e. The Morgan fingerprint density at radius 2 is 2.05 bits per heavy atom. The highest BCUT2D eigenvalue weighted by molar-refractivity contribution is 7.91. The number of hydrogen-bond acceptors (Lipinski definition) is 6. The van der Waals surface area contributed by atoms with Gasteiger partial charge >= 0.3 is 5.97 Å². The van der Waals surface area contributed by atoms with Crippen molar-refractivity contribution in [2.45, 2.75) is 24.3 Å². The van der Waals surface area contributed by atoms with Crippen LogP contribution in [0.5, 0.6) is 5.75 Å². The number of carbonyl (C=O) groups is 1. The van der Waals surface area contributed by atoms with Crippen LogP contribution < -0.4 is 4.74 Å². The van der Waals surface area contributed by atoms with E-state index in [0.29, 0.717) is 16.9 Å². The van der Waals surface area contributed by atoms with Crippen LogP contribution in [0.3, 0.4) is 0 Å². The maximum Gasteiger partial charge on any atom is 0.306 e. The smallest absolute Gasteiger partial charge is 0.306 e. The third-order valence-corrected chi connectivity index (χ3v) is 5.18. The molecule has 0 aromatic heterocycles. The highest BCUT2D eigenvalue weighted by Gasteiger charge is 2.24. The van der Waals surface area contributed by atoms with Gasteiger partial charge in [-0.2, -0.15) is 5.26 Å². The van der Waals surface area contributed by atoms with E-state index < -0.39 is 21.1 Å². The van der Waals surface area contributed by atoms with Gasteiger partial charge < -0.3 is 9.47 Å². The Morgan fingerprint density at radius 3 is 2.57 bits per heavy atom. The van der Waals surface area contributed by atoms with Crippen LogP contribution in [-0.4, -0.2) is 33.9 Å². The average molecular weight is 311 g/mol. The van der Waals surface area contributed by atoms with Gasteiger partial charge in [0.2, 0.25) is 0 Å². The molecule has 0 N–H and O–H groups in total. The summed E-state index contributed by atoms with van der Waals surface area (Å²) >= 11 is 0. The number of carbonyl (C=O) groups excluding carboxylic acids is 1. The van der Waals surface area contributed by atoms with Crippen LogP contribution in [0.1, 0.15) is 24.5 Å². The minimum absolute atomic E-state index is 0.188.